The van der Waals surface area contributed by atoms with Gasteiger partial charge in [0.2, 0.25) is 0 Å². The first kappa shape index (κ1) is 21.2. The Labute approximate surface area is 176 Å². The molecule has 0 bridgehead atoms. The van der Waals surface area contributed by atoms with Crippen molar-refractivity contribution in [2.24, 2.45) is 0 Å². The van der Waals surface area contributed by atoms with Crippen LogP contribution in [0.5, 0.6) is 5.75 Å². The van der Waals surface area contributed by atoms with Gasteiger partial charge in [-0.15, -0.1) is 0 Å². The molecule has 0 saturated carbocycles. The average Bonchev–Trinajstić information content (AvgIpc) is 2.76. The van der Waals surface area contributed by atoms with Gasteiger partial charge in [0.05, 0.1) is 12.8 Å². The first-order valence-corrected chi connectivity index (χ1v) is 11.0. The van der Waals surface area contributed by atoms with Gasteiger partial charge in [0.25, 0.3) is 5.92 Å². The maximum Gasteiger partial charge on any atom is 0.250 e. The lowest BCUT2D eigenvalue weighted by Gasteiger charge is -2.45. The normalized spacial score (nSPS) is 22.8. The SMILES string of the molecule is O=Cc1ccc2cc(OCCCN3CCCCC3N3CCC(F)(F)CC3)ccc2c1. The zero-order chi connectivity index (χ0) is 21.0. The molecule has 0 aliphatic carbocycles. The largest absolute Gasteiger partial charge is 0.494 e. The first-order chi connectivity index (χ1) is 14.5. The maximum absolute atomic E-state index is 13.5. The Balaban J connectivity index is 1.27. The number of alkyl halides is 2. The zero-order valence-electron chi connectivity index (χ0n) is 17.4. The van der Waals surface area contributed by atoms with E-state index in [-0.39, 0.29) is 12.8 Å². The molecule has 2 aliphatic rings. The van der Waals surface area contributed by atoms with Crippen molar-refractivity contribution in [3.63, 3.8) is 0 Å². The number of ether oxygens (including phenoxy) is 1. The van der Waals surface area contributed by atoms with Crippen LogP contribution in [0, 0.1) is 0 Å². The van der Waals surface area contributed by atoms with Gasteiger partial charge in [0.1, 0.15) is 12.0 Å². The number of carbonyl (C=O) groups excluding carboxylic acids is 1. The third kappa shape index (κ3) is 5.16. The molecule has 1 unspecified atom stereocenters. The molecule has 0 spiro atoms. The van der Waals surface area contributed by atoms with E-state index in [2.05, 4.69) is 9.80 Å². The van der Waals surface area contributed by atoms with Gasteiger partial charge in [-0.3, -0.25) is 14.6 Å². The summed E-state index contributed by atoms with van der Waals surface area (Å²) in [7, 11) is 0. The number of hydrogen-bond donors (Lipinski definition) is 0. The fourth-order valence-electron chi connectivity index (χ4n) is 4.66. The number of aldehydes is 1. The summed E-state index contributed by atoms with van der Waals surface area (Å²) < 4.78 is 33.0. The summed E-state index contributed by atoms with van der Waals surface area (Å²) in [6.45, 7) is 3.57. The van der Waals surface area contributed by atoms with Gasteiger partial charge in [-0.25, -0.2) is 8.78 Å². The molecule has 2 fully saturated rings. The lowest BCUT2D eigenvalue weighted by Crippen LogP contribution is -2.54. The molecule has 0 aromatic heterocycles. The molecule has 2 aromatic rings. The Hall–Kier alpha value is -2.05. The second-order valence-corrected chi connectivity index (χ2v) is 8.49. The van der Waals surface area contributed by atoms with E-state index in [0.717, 1.165) is 48.7 Å². The summed E-state index contributed by atoms with van der Waals surface area (Å²) >= 11 is 0. The zero-order valence-corrected chi connectivity index (χ0v) is 17.4. The third-order valence-electron chi connectivity index (χ3n) is 6.36. The van der Waals surface area contributed by atoms with Crippen molar-refractivity contribution in [2.75, 3.05) is 32.8 Å². The van der Waals surface area contributed by atoms with Crippen molar-refractivity contribution in [1.82, 2.24) is 9.80 Å². The van der Waals surface area contributed by atoms with Crippen molar-refractivity contribution in [3.8, 4) is 5.75 Å². The van der Waals surface area contributed by atoms with Gasteiger partial charge < -0.3 is 4.74 Å². The van der Waals surface area contributed by atoms with Crippen molar-refractivity contribution >= 4 is 17.1 Å². The van der Waals surface area contributed by atoms with Crippen LogP contribution in [0.25, 0.3) is 10.8 Å². The Bertz CT molecular complexity index is 863. The predicted octanol–water partition coefficient (Wildman–Crippen LogP) is 4.96. The van der Waals surface area contributed by atoms with E-state index in [9.17, 15) is 13.6 Å². The molecular formula is C24H30F2N2O2. The van der Waals surface area contributed by atoms with Crippen LogP contribution < -0.4 is 4.74 Å². The molecule has 162 valence electrons. The van der Waals surface area contributed by atoms with E-state index in [0.29, 0.717) is 31.4 Å². The number of nitrogens with zero attached hydrogens (tertiary/aromatic N) is 2. The Kier molecular flexibility index (Phi) is 6.64. The standard InChI is InChI=1S/C24H30F2N2O2/c25-24(26)9-13-28(14-10-24)23-4-1-2-11-27(23)12-3-15-30-22-8-7-20-16-19(18-29)5-6-21(20)17-22/h5-8,16-18,23H,1-4,9-15H2. The molecule has 30 heavy (non-hydrogen) atoms. The highest BCUT2D eigenvalue weighted by molar-refractivity contribution is 5.89. The number of hydrogen-bond acceptors (Lipinski definition) is 4. The summed E-state index contributed by atoms with van der Waals surface area (Å²) in [5.74, 6) is -1.66. The van der Waals surface area contributed by atoms with Gasteiger partial charge in [0.15, 0.2) is 0 Å². The van der Waals surface area contributed by atoms with Crippen LogP contribution in [0.4, 0.5) is 8.78 Å². The summed E-state index contributed by atoms with van der Waals surface area (Å²) in [5, 5.41) is 2.08. The van der Waals surface area contributed by atoms with Crippen LogP contribution in [0.15, 0.2) is 36.4 Å². The average molecular weight is 417 g/mol. The minimum Gasteiger partial charge on any atom is -0.494 e. The molecule has 4 nitrogen and oxygen atoms in total. The van der Waals surface area contributed by atoms with Gasteiger partial charge in [-0.2, -0.15) is 0 Å². The molecule has 0 amide bonds. The van der Waals surface area contributed by atoms with Crippen molar-refractivity contribution in [2.45, 2.75) is 50.6 Å². The molecular weight excluding hydrogens is 386 g/mol. The molecule has 6 heteroatoms. The predicted molar refractivity (Wildman–Crippen MR) is 114 cm³/mol. The molecule has 2 aliphatic heterocycles. The second-order valence-electron chi connectivity index (χ2n) is 8.49. The van der Waals surface area contributed by atoms with E-state index in [1.165, 1.54) is 12.8 Å². The highest BCUT2D eigenvalue weighted by Crippen LogP contribution is 2.31. The molecule has 4 rings (SSSR count). The fourth-order valence-corrected chi connectivity index (χ4v) is 4.66. The topological polar surface area (TPSA) is 32.8 Å². The molecule has 0 N–H and O–H groups in total. The number of benzene rings is 2. The van der Waals surface area contributed by atoms with E-state index < -0.39 is 5.92 Å². The smallest absolute Gasteiger partial charge is 0.250 e. The monoisotopic (exact) mass is 416 g/mol. The van der Waals surface area contributed by atoms with E-state index in [4.69, 9.17) is 4.74 Å². The number of fused-ring (bicyclic) bond motifs is 1. The van der Waals surface area contributed by atoms with Gasteiger partial charge in [0, 0.05) is 38.0 Å². The van der Waals surface area contributed by atoms with Crippen LogP contribution in [-0.4, -0.2) is 61.0 Å². The molecule has 1 atom stereocenters. The van der Waals surface area contributed by atoms with E-state index in [1.807, 2.05) is 36.4 Å². The van der Waals surface area contributed by atoms with Crippen molar-refractivity contribution in [3.05, 3.63) is 42.0 Å². The highest BCUT2D eigenvalue weighted by Gasteiger charge is 2.38. The number of piperidine rings is 2. The molecule has 0 radical (unpaired) electrons. The lowest BCUT2D eigenvalue weighted by molar-refractivity contribution is -0.0882. The number of carbonyl (C=O) groups is 1. The summed E-state index contributed by atoms with van der Waals surface area (Å²) in [4.78, 5) is 15.6. The summed E-state index contributed by atoms with van der Waals surface area (Å²) in [6.07, 6.45) is 5.44. The third-order valence-corrected chi connectivity index (χ3v) is 6.36. The van der Waals surface area contributed by atoms with Crippen LogP contribution in [0.1, 0.15) is 48.9 Å². The van der Waals surface area contributed by atoms with Crippen LogP contribution in [-0.2, 0) is 0 Å². The summed E-state index contributed by atoms with van der Waals surface area (Å²) in [5.41, 5.74) is 0.671. The first-order valence-electron chi connectivity index (χ1n) is 11.0. The Morgan fingerprint density at radius 2 is 1.80 bits per heavy atom. The van der Waals surface area contributed by atoms with E-state index in [1.54, 1.807) is 0 Å². The fraction of sp³-hybridized carbons (Fsp3) is 0.542. The van der Waals surface area contributed by atoms with Crippen LogP contribution in [0.3, 0.4) is 0 Å². The Morgan fingerprint density at radius 1 is 1.03 bits per heavy atom. The lowest BCUT2D eigenvalue weighted by atomic mass is 10.0. The number of likely N-dealkylation sites (tertiary alicyclic amines) is 2. The molecule has 2 aromatic carbocycles. The maximum atomic E-state index is 13.5. The highest BCUT2D eigenvalue weighted by atomic mass is 19.3. The minimum absolute atomic E-state index is 0.0171. The van der Waals surface area contributed by atoms with Gasteiger partial charge in [-0.05, 0) is 61.2 Å². The molecule has 2 heterocycles. The quantitative estimate of drug-likeness (QED) is 0.472. The van der Waals surface area contributed by atoms with Crippen LogP contribution in [0.2, 0.25) is 0 Å². The minimum atomic E-state index is -2.49. The second kappa shape index (κ2) is 9.40. The summed E-state index contributed by atoms with van der Waals surface area (Å²) in [6, 6.07) is 11.5. The van der Waals surface area contributed by atoms with Gasteiger partial charge >= 0.3 is 0 Å². The van der Waals surface area contributed by atoms with Gasteiger partial charge in [-0.1, -0.05) is 18.2 Å². The molecule has 2 saturated heterocycles. The van der Waals surface area contributed by atoms with Crippen molar-refractivity contribution < 1.29 is 18.3 Å². The Morgan fingerprint density at radius 3 is 2.60 bits per heavy atom. The number of rotatable bonds is 7. The van der Waals surface area contributed by atoms with Crippen LogP contribution >= 0.6 is 0 Å². The number of halogens is 2. The van der Waals surface area contributed by atoms with Crippen molar-refractivity contribution in [1.29, 1.82) is 0 Å². The van der Waals surface area contributed by atoms with E-state index >= 15 is 0 Å².